The van der Waals surface area contributed by atoms with E-state index in [1.54, 1.807) is 0 Å². The highest BCUT2D eigenvalue weighted by molar-refractivity contribution is 14.1. The average Bonchev–Trinajstić information content (AvgIpc) is 2.63. The van der Waals surface area contributed by atoms with Gasteiger partial charge in [-0.2, -0.15) is 0 Å². The van der Waals surface area contributed by atoms with Gasteiger partial charge in [0.1, 0.15) is 5.76 Å². The number of hydrazine groups is 1. The zero-order valence-corrected chi connectivity index (χ0v) is 9.99. The second kappa shape index (κ2) is 5.11. The highest BCUT2D eigenvalue weighted by Crippen LogP contribution is 2.09. The fourth-order valence-corrected chi connectivity index (χ4v) is 1.82. The average molecular weight is 308 g/mol. The van der Waals surface area contributed by atoms with Crippen molar-refractivity contribution in [3.63, 3.8) is 0 Å². The summed E-state index contributed by atoms with van der Waals surface area (Å²) >= 11 is 2.17. The van der Waals surface area contributed by atoms with Crippen molar-refractivity contribution in [3.8, 4) is 0 Å². The molecule has 1 aromatic heterocycles. The molecule has 0 aromatic carbocycles. The molecule has 1 fully saturated rings. The Labute approximate surface area is 96.7 Å². The Hall–Kier alpha value is -0.110. The number of hydrogen-bond donors (Lipinski definition) is 1. The third kappa shape index (κ3) is 2.94. The molecule has 0 bridgehead atoms. The van der Waals surface area contributed by atoms with Crippen molar-refractivity contribution in [2.24, 2.45) is 0 Å². The van der Waals surface area contributed by atoms with Gasteiger partial charge < -0.3 is 9.15 Å². The summed E-state index contributed by atoms with van der Waals surface area (Å²) in [7, 11) is 0. The van der Waals surface area contributed by atoms with Gasteiger partial charge in [0.25, 0.3) is 0 Å². The van der Waals surface area contributed by atoms with Gasteiger partial charge in [-0.1, -0.05) is 0 Å². The Morgan fingerprint density at radius 3 is 2.79 bits per heavy atom. The monoisotopic (exact) mass is 308 g/mol. The molecule has 2 heterocycles. The molecule has 4 nitrogen and oxygen atoms in total. The molecule has 14 heavy (non-hydrogen) atoms. The van der Waals surface area contributed by atoms with E-state index in [2.05, 4.69) is 33.0 Å². The van der Waals surface area contributed by atoms with Crippen molar-refractivity contribution in [2.45, 2.75) is 6.54 Å². The van der Waals surface area contributed by atoms with Crippen LogP contribution in [-0.4, -0.2) is 31.3 Å². The van der Waals surface area contributed by atoms with E-state index in [0.717, 1.165) is 42.4 Å². The summed E-state index contributed by atoms with van der Waals surface area (Å²) in [6, 6.07) is 3.96. The molecule has 1 saturated heterocycles. The molecule has 1 aromatic rings. The minimum atomic E-state index is 0.753. The van der Waals surface area contributed by atoms with Gasteiger partial charge in [-0.25, -0.2) is 10.4 Å². The van der Waals surface area contributed by atoms with Gasteiger partial charge in [0, 0.05) is 13.1 Å². The van der Waals surface area contributed by atoms with Crippen LogP contribution in [0.2, 0.25) is 0 Å². The summed E-state index contributed by atoms with van der Waals surface area (Å²) in [6.07, 6.45) is 0. The molecule has 0 spiro atoms. The fraction of sp³-hybridized carbons (Fsp3) is 0.556. The minimum absolute atomic E-state index is 0.753. The minimum Gasteiger partial charge on any atom is -0.454 e. The number of furan rings is 1. The first kappa shape index (κ1) is 10.4. The van der Waals surface area contributed by atoms with Gasteiger partial charge in [0.2, 0.25) is 0 Å². The van der Waals surface area contributed by atoms with Gasteiger partial charge >= 0.3 is 0 Å². The number of nitrogens with zero attached hydrogens (tertiary/aromatic N) is 1. The normalized spacial score (nSPS) is 18.6. The Bertz CT molecular complexity index is 284. The molecular formula is C9H13IN2O2. The number of hydrogen-bond acceptors (Lipinski definition) is 4. The Kier molecular flexibility index (Phi) is 3.80. The van der Waals surface area contributed by atoms with Crippen LogP contribution in [-0.2, 0) is 11.3 Å². The molecule has 0 unspecified atom stereocenters. The molecule has 78 valence electrons. The number of nitrogens with one attached hydrogen (secondary N) is 1. The van der Waals surface area contributed by atoms with Crippen LogP contribution in [0.4, 0.5) is 0 Å². The standard InChI is InChI=1S/C9H13IN2O2/c10-9-2-1-8(14-9)7-11-12-3-5-13-6-4-12/h1-2,11H,3-7H2. The van der Waals surface area contributed by atoms with E-state index in [-0.39, 0.29) is 0 Å². The van der Waals surface area contributed by atoms with Crippen LogP contribution in [0.5, 0.6) is 0 Å². The fourth-order valence-electron chi connectivity index (χ4n) is 1.36. The van der Waals surface area contributed by atoms with Gasteiger partial charge in [-0.3, -0.25) is 0 Å². The van der Waals surface area contributed by atoms with Crippen molar-refractivity contribution < 1.29 is 9.15 Å². The predicted molar refractivity (Wildman–Crippen MR) is 60.7 cm³/mol. The van der Waals surface area contributed by atoms with E-state index in [4.69, 9.17) is 9.15 Å². The van der Waals surface area contributed by atoms with Gasteiger partial charge in [0.15, 0.2) is 3.77 Å². The second-order valence-electron chi connectivity index (χ2n) is 3.14. The third-order valence-electron chi connectivity index (χ3n) is 2.12. The van der Waals surface area contributed by atoms with Gasteiger partial charge in [-0.15, -0.1) is 0 Å². The van der Waals surface area contributed by atoms with Crippen molar-refractivity contribution in [1.82, 2.24) is 10.4 Å². The maximum absolute atomic E-state index is 5.44. The SMILES string of the molecule is Ic1ccc(CNN2CCOCC2)o1. The molecule has 0 saturated carbocycles. The molecule has 0 amide bonds. The van der Waals surface area contributed by atoms with Crippen LogP contribution < -0.4 is 5.43 Å². The number of morpholine rings is 1. The Morgan fingerprint density at radius 1 is 1.36 bits per heavy atom. The Balaban J connectivity index is 1.76. The molecule has 1 aliphatic rings. The molecular weight excluding hydrogens is 295 g/mol. The maximum Gasteiger partial charge on any atom is 0.164 e. The van der Waals surface area contributed by atoms with E-state index in [0.29, 0.717) is 0 Å². The van der Waals surface area contributed by atoms with Crippen LogP contribution in [0.3, 0.4) is 0 Å². The van der Waals surface area contributed by atoms with Crippen LogP contribution >= 0.6 is 22.6 Å². The molecule has 0 aliphatic carbocycles. The van der Waals surface area contributed by atoms with Crippen molar-refractivity contribution in [3.05, 3.63) is 21.7 Å². The van der Waals surface area contributed by atoms with Crippen LogP contribution in [0, 0.1) is 3.77 Å². The molecule has 2 rings (SSSR count). The van der Waals surface area contributed by atoms with Crippen molar-refractivity contribution in [1.29, 1.82) is 0 Å². The maximum atomic E-state index is 5.44. The lowest BCUT2D eigenvalue weighted by atomic mass is 10.4. The van der Waals surface area contributed by atoms with Crippen molar-refractivity contribution in [2.75, 3.05) is 26.3 Å². The Morgan fingerprint density at radius 2 is 2.14 bits per heavy atom. The smallest absolute Gasteiger partial charge is 0.164 e. The van der Waals surface area contributed by atoms with Crippen LogP contribution in [0.15, 0.2) is 16.5 Å². The summed E-state index contributed by atoms with van der Waals surface area (Å²) in [4.78, 5) is 0. The van der Waals surface area contributed by atoms with E-state index in [1.807, 2.05) is 12.1 Å². The first-order valence-corrected chi connectivity index (χ1v) is 5.73. The first-order chi connectivity index (χ1) is 6.84. The summed E-state index contributed by atoms with van der Waals surface area (Å²) in [5.41, 5.74) is 3.31. The highest BCUT2D eigenvalue weighted by atomic mass is 127. The van der Waals surface area contributed by atoms with E-state index in [1.165, 1.54) is 0 Å². The predicted octanol–water partition coefficient (Wildman–Crippen LogP) is 1.22. The molecule has 0 atom stereocenters. The number of halogens is 1. The second-order valence-corrected chi connectivity index (χ2v) is 4.20. The quantitative estimate of drug-likeness (QED) is 0.852. The third-order valence-corrected chi connectivity index (χ3v) is 2.70. The molecule has 5 heteroatoms. The number of rotatable bonds is 3. The zero-order chi connectivity index (χ0) is 9.80. The van der Waals surface area contributed by atoms with Gasteiger partial charge in [0.05, 0.1) is 19.8 Å². The lowest BCUT2D eigenvalue weighted by molar-refractivity contribution is 0.00940. The topological polar surface area (TPSA) is 37.6 Å². The lowest BCUT2D eigenvalue weighted by Crippen LogP contribution is -2.45. The highest BCUT2D eigenvalue weighted by Gasteiger charge is 2.09. The molecule has 1 aliphatic heterocycles. The van der Waals surface area contributed by atoms with Gasteiger partial charge in [-0.05, 0) is 34.7 Å². The summed E-state index contributed by atoms with van der Waals surface area (Å²) in [5, 5.41) is 2.17. The summed E-state index contributed by atoms with van der Waals surface area (Å²) in [6.45, 7) is 4.25. The van der Waals surface area contributed by atoms with E-state index >= 15 is 0 Å². The lowest BCUT2D eigenvalue weighted by Gasteiger charge is -2.26. The molecule has 0 radical (unpaired) electrons. The van der Waals surface area contributed by atoms with E-state index < -0.39 is 0 Å². The summed E-state index contributed by atoms with van der Waals surface area (Å²) < 4.78 is 11.6. The summed E-state index contributed by atoms with van der Waals surface area (Å²) in [5.74, 6) is 0.973. The van der Waals surface area contributed by atoms with Crippen LogP contribution in [0.25, 0.3) is 0 Å². The van der Waals surface area contributed by atoms with Crippen LogP contribution in [0.1, 0.15) is 5.76 Å². The number of ether oxygens (including phenoxy) is 1. The first-order valence-electron chi connectivity index (χ1n) is 4.65. The van der Waals surface area contributed by atoms with Crippen molar-refractivity contribution >= 4 is 22.6 Å². The largest absolute Gasteiger partial charge is 0.454 e. The van der Waals surface area contributed by atoms with E-state index in [9.17, 15) is 0 Å². The zero-order valence-electron chi connectivity index (χ0n) is 7.83. The molecule has 1 N–H and O–H groups in total.